The fourth-order valence-corrected chi connectivity index (χ4v) is 4.29. The second-order valence-corrected chi connectivity index (χ2v) is 7.79. The van der Waals surface area contributed by atoms with Crippen LogP contribution < -0.4 is 10.3 Å². The van der Waals surface area contributed by atoms with Crippen molar-refractivity contribution in [3.05, 3.63) is 51.6 Å². The molecule has 3 heterocycles. The minimum Gasteiger partial charge on any atom is -0.360 e. The lowest BCUT2D eigenvalue weighted by atomic mass is 10.1. The third-order valence-corrected chi connectivity index (χ3v) is 5.91. The van der Waals surface area contributed by atoms with Gasteiger partial charge in [-0.1, -0.05) is 18.6 Å². The van der Waals surface area contributed by atoms with Crippen molar-refractivity contribution in [1.29, 1.82) is 0 Å². The maximum Gasteiger partial charge on any atom is 0.259 e. The van der Waals surface area contributed by atoms with Crippen LogP contribution in [0.25, 0.3) is 10.9 Å². The molecule has 7 nitrogen and oxygen atoms in total. The van der Waals surface area contributed by atoms with Crippen molar-refractivity contribution in [1.82, 2.24) is 19.2 Å². The summed E-state index contributed by atoms with van der Waals surface area (Å²) in [6.45, 7) is 6.68. The first kappa shape index (κ1) is 18.6. The van der Waals surface area contributed by atoms with Gasteiger partial charge in [0.15, 0.2) is 0 Å². The van der Waals surface area contributed by atoms with Crippen LogP contribution in [0, 0.1) is 6.92 Å². The van der Waals surface area contributed by atoms with Gasteiger partial charge < -0.3 is 14.8 Å². The number of pyridine rings is 1. The van der Waals surface area contributed by atoms with Crippen molar-refractivity contribution in [3.63, 3.8) is 0 Å². The summed E-state index contributed by atoms with van der Waals surface area (Å²) < 4.78 is 4.35. The minimum atomic E-state index is -0.210. The zero-order valence-corrected chi connectivity index (χ0v) is 16.9. The van der Waals surface area contributed by atoms with Crippen LogP contribution in [0.3, 0.4) is 0 Å². The lowest BCUT2D eigenvalue weighted by molar-refractivity contribution is 0.0765. The lowest BCUT2D eigenvalue weighted by Gasteiger charge is -2.21. The van der Waals surface area contributed by atoms with Crippen molar-refractivity contribution < 1.29 is 4.79 Å². The number of benzene rings is 1. The van der Waals surface area contributed by atoms with Gasteiger partial charge in [-0.3, -0.25) is 9.59 Å². The Morgan fingerprint density at radius 2 is 2.11 bits per heavy atom. The number of aromatic amines is 1. The summed E-state index contributed by atoms with van der Waals surface area (Å²) in [7, 11) is 0. The number of anilines is 1. The SMILES string of the molecule is CCc1nsc(N2CCCN(C(=O)c3c[nH]c4ccc(C)cc4c3=O)CC2)n1. The van der Waals surface area contributed by atoms with Crippen LogP contribution in [-0.2, 0) is 6.42 Å². The maximum atomic E-state index is 13.1. The standard InChI is InChI=1S/C20H23N5O2S/c1-3-17-22-20(28-23-17)25-8-4-7-24(9-10-25)19(27)15-12-21-16-6-5-13(2)11-14(16)18(15)26/h5-6,11-12H,3-4,7-10H2,1-2H3,(H,21,26). The summed E-state index contributed by atoms with van der Waals surface area (Å²) in [5.74, 6) is 0.646. The maximum absolute atomic E-state index is 13.1. The van der Waals surface area contributed by atoms with Gasteiger partial charge in [0.2, 0.25) is 10.6 Å². The Hall–Kier alpha value is -2.74. The largest absolute Gasteiger partial charge is 0.360 e. The van der Waals surface area contributed by atoms with E-state index in [1.54, 1.807) is 11.1 Å². The van der Waals surface area contributed by atoms with Gasteiger partial charge in [0, 0.05) is 61.2 Å². The van der Waals surface area contributed by atoms with Crippen molar-refractivity contribution in [2.45, 2.75) is 26.7 Å². The second kappa shape index (κ2) is 7.71. The first-order valence-electron chi connectivity index (χ1n) is 9.55. The quantitative estimate of drug-likeness (QED) is 0.735. The average Bonchev–Trinajstić information content (AvgIpc) is 3.05. The van der Waals surface area contributed by atoms with E-state index in [-0.39, 0.29) is 16.9 Å². The van der Waals surface area contributed by atoms with Crippen molar-refractivity contribution in [3.8, 4) is 0 Å². The molecule has 1 aromatic carbocycles. The van der Waals surface area contributed by atoms with Crippen LogP contribution in [-0.4, -0.2) is 51.3 Å². The number of nitrogens with zero attached hydrogens (tertiary/aromatic N) is 4. The van der Waals surface area contributed by atoms with E-state index in [1.165, 1.54) is 11.5 Å². The normalized spacial score (nSPS) is 15.1. The van der Waals surface area contributed by atoms with E-state index in [4.69, 9.17) is 0 Å². The van der Waals surface area contributed by atoms with Crippen LogP contribution in [0.2, 0.25) is 0 Å². The molecular formula is C20H23N5O2S. The van der Waals surface area contributed by atoms with Crippen LogP contribution in [0.5, 0.6) is 0 Å². The molecule has 1 aliphatic heterocycles. The van der Waals surface area contributed by atoms with Crippen LogP contribution in [0.4, 0.5) is 5.13 Å². The molecule has 0 atom stereocenters. The Kier molecular flexibility index (Phi) is 5.13. The van der Waals surface area contributed by atoms with Crippen LogP contribution in [0.1, 0.15) is 35.1 Å². The zero-order valence-electron chi connectivity index (χ0n) is 16.1. The number of H-pyrrole nitrogens is 1. The van der Waals surface area contributed by atoms with Gasteiger partial charge in [-0.15, -0.1) is 0 Å². The van der Waals surface area contributed by atoms with Gasteiger partial charge in [-0.25, -0.2) is 4.98 Å². The van der Waals surface area contributed by atoms with Crippen molar-refractivity contribution in [2.75, 3.05) is 31.1 Å². The molecule has 0 aliphatic carbocycles. The summed E-state index contributed by atoms with van der Waals surface area (Å²) in [6.07, 6.45) is 3.19. The highest BCUT2D eigenvalue weighted by Gasteiger charge is 2.24. The number of hydrogen-bond acceptors (Lipinski definition) is 6. The van der Waals surface area contributed by atoms with Gasteiger partial charge >= 0.3 is 0 Å². The molecule has 28 heavy (non-hydrogen) atoms. The van der Waals surface area contributed by atoms with E-state index in [0.29, 0.717) is 25.0 Å². The topological polar surface area (TPSA) is 82.2 Å². The Morgan fingerprint density at radius 1 is 1.25 bits per heavy atom. The zero-order chi connectivity index (χ0) is 19.7. The number of hydrogen-bond donors (Lipinski definition) is 1. The molecule has 2 aromatic heterocycles. The third-order valence-electron chi connectivity index (χ3n) is 5.09. The highest BCUT2D eigenvalue weighted by Crippen LogP contribution is 2.20. The second-order valence-electron chi connectivity index (χ2n) is 7.06. The molecule has 1 fully saturated rings. The summed E-state index contributed by atoms with van der Waals surface area (Å²) in [5, 5.41) is 1.47. The summed E-state index contributed by atoms with van der Waals surface area (Å²) in [4.78, 5) is 37.5. The monoisotopic (exact) mass is 397 g/mol. The molecule has 3 aromatic rings. The smallest absolute Gasteiger partial charge is 0.259 e. The summed E-state index contributed by atoms with van der Waals surface area (Å²) in [6, 6.07) is 5.65. The molecule has 1 amide bonds. The predicted octanol–water partition coefficient (Wildman–Crippen LogP) is 2.60. The van der Waals surface area contributed by atoms with Gasteiger partial charge in [0.1, 0.15) is 11.4 Å². The van der Waals surface area contributed by atoms with Crippen LogP contribution >= 0.6 is 11.5 Å². The summed E-state index contributed by atoms with van der Waals surface area (Å²) >= 11 is 1.41. The number of carbonyl (C=O) groups excluding carboxylic acids is 1. The number of amides is 1. The minimum absolute atomic E-state index is 0.204. The number of nitrogens with one attached hydrogen (secondary N) is 1. The molecule has 0 unspecified atom stereocenters. The summed E-state index contributed by atoms with van der Waals surface area (Å²) in [5.41, 5.74) is 1.74. The van der Waals surface area contributed by atoms with E-state index >= 15 is 0 Å². The Morgan fingerprint density at radius 3 is 2.89 bits per heavy atom. The number of carbonyl (C=O) groups is 1. The molecule has 146 valence electrons. The van der Waals surface area contributed by atoms with Gasteiger partial charge in [-0.05, 0) is 25.5 Å². The molecule has 1 N–H and O–H groups in total. The van der Waals surface area contributed by atoms with Gasteiger partial charge in [0.25, 0.3) is 5.91 Å². The number of rotatable bonds is 3. The lowest BCUT2D eigenvalue weighted by Crippen LogP contribution is -2.37. The number of fused-ring (bicyclic) bond motifs is 1. The number of aryl methyl sites for hydroxylation is 2. The predicted molar refractivity (Wildman–Crippen MR) is 111 cm³/mol. The highest BCUT2D eigenvalue weighted by atomic mass is 32.1. The molecule has 1 saturated heterocycles. The van der Waals surface area contributed by atoms with Crippen molar-refractivity contribution >= 4 is 33.5 Å². The molecule has 1 aliphatic rings. The first-order chi connectivity index (χ1) is 13.6. The van der Waals surface area contributed by atoms with E-state index in [0.717, 1.165) is 41.4 Å². The Bertz CT molecular complexity index is 1070. The fraction of sp³-hybridized carbons (Fsp3) is 0.400. The van der Waals surface area contributed by atoms with Crippen LogP contribution in [0.15, 0.2) is 29.2 Å². The Balaban J connectivity index is 1.54. The van der Waals surface area contributed by atoms with Crippen molar-refractivity contribution in [2.24, 2.45) is 0 Å². The van der Waals surface area contributed by atoms with E-state index in [1.807, 2.05) is 32.0 Å². The molecule has 0 saturated carbocycles. The third kappa shape index (κ3) is 3.52. The van der Waals surface area contributed by atoms with E-state index in [2.05, 4.69) is 19.2 Å². The fourth-order valence-electron chi connectivity index (χ4n) is 3.49. The molecule has 0 radical (unpaired) electrons. The molecular weight excluding hydrogens is 374 g/mol. The van der Waals surface area contributed by atoms with Gasteiger partial charge in [0.05, 0.1) is 0 Å². The first-order valence-corrected chi connectivity index (χ1v) is 10.3. The highest BCUT2D eigenvalue weighted by molar-refractivity contribution is 7.09. The molecule has 4 rings (SSSR count). The molecule has 0 bridgehead atoms. The Labute approximate surface area is 167 Å². The van der Waals surface area contributed by atoms with E-state index in [9.17, 15) is 9.59 Å². The van der Waals surface area contributed by atoms with Gasteiger partial charge in [-0.2, -0.15) is 4.37 Å². The number of aromatic nitrogens is 3. The molecule has 8 heteroatoms. The molecule has 0 spiro atoms. The van der Waals surface area contributed by atoms with E-state index < -0.39 is 0 Å². The average molecular weight is 398 g/mol.